The van der Waals surface area contributed by atoms with E-state index in [0.717, 1.165) is 11.3 Å². The van der Waals surface area contributed by atoms with Gasteiger partial charge in [-0.15, -0.1) is 0 Å². The van der Waals surface area contributed by atoms with Crippen LogP contribution < -0.4 is 5.32 Å². The zero-order chi connectivity index (χ0) is 12.4. The minimum atomic E-state index is -0.909. The van der Waals surface area contributed by atoms with E-state index in [1.165, 1.54) is 0 Å². The average Bonchev–Trinajstić information content (AvgIpc) is 2.67. The lowest BCUT2D eigenvalue weighted by Gasteiger charge is -2.17. The van der Waals surface area contributed by atoms with Crippen LogP contribution >= 0.6 is 15.9 Å². The fraction of sp³-hybridized carbons (Fsp3) is 0.417. The Hall–Kier alpha value is -0.910. The van der Waals surface area contributed by atoms with Crippen molar-refractivity contribution in [2.75, 3.05) is 10.6 Å². The van der Waals surface area contributed by atoms with Gasteiger partial charge in [0.1, 0.15) is 6.10 Å². The number of carbonyl (C=O) groups excluding carboxylic acids is 1. The van der Waals surface area contributed by atoms with Crippen molar-refractivity contribution in [2.45, 2.75) is 25.0 Å². The number of aliphatic hydroxyl groups is 2. The van der Waals surface area contributed by atoms with Crippen molar-refractivity contribution in [2.24, 2.45) is 0 Å². The molecule has 2 atom stereocenters. The largest absolute Gasteiger partial charge is 0.390 e. The third-order valence-corrected chi connectivity index (χ3v) is 3.32. The van der Waals surface area contributed by atoms with E-state index in [1.807, 2.05) is 0 Å². The maximum absolute atomic E-state index is 11.2. The van der Waals surface area contributed by atoms with E-state index in [4.69, 9.17) is 0 Å². The van der Waals surface area contributed by atoms with Gasteiger partial charge in [0.2, 0.25) is 5.91 Å². The van der Waals surface area contributed by atoms with Crippen LogP contribution in [0.4, 0.5) is 5.69 Å². The molecule has 1 heterocycles. The normalized spacial score (nSPS) is 17.5. The molecule has 0 fully saturated rings. The predicted molar refractivity (Wildman–Crippen MR) is 68.2 cm³/mol. The number of benzene rings is 1. The zero-order valence-electron chi connectivity index (χ0n) is 9.19. The van der Waals surface area contributed by atoms with Gasteiger partial charge in [-0.05, 0) is 23.6 Å². The highest BCUT2D eigenvalue weighted by atomic mass is 79.9. The Kier molecular flexibility index (Phi) is 3.81. The number of aliphatic hydroxyl groups excluding tert-OH is 2. The molecule has 0 saturated carbocycles. The summed E-state index contributed by atoms with van der Waals surface area (Å²) in [4.78, 5) is 11.2. The summed E-state index contributed by atoms with van der Waals surface area (Å²) < 4.78 is 0. The van der Waals surface area contributed by atoms with Crippen molar-refractivity contribution < 1.29 is 15.0 Å². The highest BCUT2D eigenvalue weighted by molar-refractivity contribution is 9.09. The van der Waals surface area contributed by atoms with Crippen molar-refractivity contribution >= 4 is 27.5 Å². The third-order valence-electron chi connectivity index (χ3n) is 2.87. The molecule has 4 nitrogen and oxygen atoms in total. The Balaban J connectivity index is 2.18. The number of hydrogen-bond donors (Lipinski definition) is 3. The van der Waals surface area contributed by atoms with E-state index < -0.39 is 12.2 Å². The molecule has 2 rings (SSSR count). The Labute approximate surface area is 108 Å². The van der Waals surface area contributed by atoms with Crippen LogP contribution in [0.5, 0.6) is 0 Å². The SMILES string of the molecule is O=C1Cc2cc(C(O)C(O)CCBr)ccc2N1. The third kappa shape index (κ3) is 2.68. The molecular weight excluding hydrogens is 286 g/mol. The van der Waals surface area contributed by atoms with E-state index >= 15 is 0 Å². The van der Waals surface area contributed by atoms with Gasteiger partial charge in [-0.1, -0.05) is 28.1 Å². The van der Waals surface area contributed by atoms with E-state index in [-0.39, 0.29) is 5.91 Å². The summed E-state index contributed by atoms with van der Waals surface area (Å²) in [5.41, 5.74) is 2.31. The van der Waals surface area contributed by atoms with Gasteiger partial charge >= 0.3 is 0 Å². The molecule has 92 valence electrons. The van der Waals surface area contributed by atoms with Crippen LogP contribution in [-0.4, -0.2) is 27.6 Å². The number of anilines is 1. The van der Waals surface area contributed by atoms with Crippen LogP contribution in [0.15, 0.2) is 18.2 Å². The van der Waals surface area contributed by atoms with E-state index in [9.17, 15) is 15.0 Å². The Morgan fingerprint density at radius 1 is 1.41 bits per heavy atom. The first-order valence-electron chi connectivity index (χ1n) is 5.46. The molecule has 0 bridgehead atoms. The molecule has 1 amide bonds. The molecule has 0 saturated heterocycles. The van der Waals surface area contributed by atoms with Crippen LogP contribution in [0, 0.1) is 0 Å². The van der Waals surface area contributed by atoms with Crippen molar-refractivity contribution in [3.05, 3.63) is 29.3 Å². The van der Waals surface area contributed by atoms with Gasteiger partial charge in [0, 0.05) is 11.0 Å². The zero-order valence-corrected chi connectivity index (χ0v) is 10.8. The number of nitrogens with one attached hydrogen (secondary N) is 1. The summed E-state index contributed by atoms with van der Waals surface area (Å²) in [5, 5.41) is 23.0. The summed E-state index contributed by atoms with van der Waals surface area (Å²) in [6, 6.07) is 5.27. The topological polar surface area (TPSA) is 69.6 Å². The maximum Gasteiger partial charge on any atom is 0.228 e. The van der Waals surface area contributed by atoms with Gasteiger partial charge in [0.25, 0.3) is 0 Å². The quantitative estimate of drug-likeness (QED) is 0.735. The molecule has 0 radical (unpaired) electrons. The Bertz CT molecular complexity index is 436. The number of alkyl halides is 1. The van der Waals surface area contributed by atoms with Crippen molar-refractivity contribution in [3.8, 4) is 0 Å². The number of amides is 1. The number of hydrogen-bond acceptors (Lipinski definition) is 3. The smallest absolute Gasteiger partial charge is 0.228 e. The molecule has 17 heavy (non-hydrogen) atoms. The number of halogens is 1. The van der Waals surface area contributed by atoms with Crippen LogP contribution in [0.1, 0.15) is 23.7 Å². The maximum atomic E-state index is 11.2. The minimum absolute atomic E-state index is 0.0346. The second-order valence-electron chi connectivity index (χ2n) is 4.13. The molecule has 1 aromatic carbocycles. The summed E-state index contributed by atoms with van der Waals surface area (Å²) in [6.07, 6.45) is -0.883. The number of rotatable bonds is 4. The fourth-order valence-electron chi connectivity index (χ4n) is 1.92. The second-order valence-corrected chi connectivity index (χ2v) is 4.92. The molecule has 1 aliphatic heterocycles. The van der Waals surface area contributed by atoms with Gasteiger partial charge in [-0.2, -0.15) is 0 Å². The van der Waals surface area contributed by atoms with Crippen LogP contribution in [0.3, 0.4) is 0 Å². The fourth-order valence-corrected chi connectivity index (χ4v) is 2.39. The van der Waals surface area contributed by atoms with Crippen molar-refractivity contribution in [3.63, 3.8) is 0 Å². The van der Waals surface area contributed by atoms with Crippen molar-refractivity contribution in [1.82, 2.24) is 0 Å². The van der Waals surface area contributed by atoms with Crippen LogP contribution in [-0.2, 0) is 11.2 Å². The first-order chi connectivity index (χ1) is 8.11. The Morgan fingerprint density at radius 2 is 2.18 bits per heavy atom. The molecule has 5 heteroatoms. The first-order valence-corrected chi connectivity index (χ1v) is 6.58. The van der Waals surface area contributed by atoms with E-state index in [2.05, 4.69) is 21.2 Å². The summed E-state index contributed by atoms with van der Waals surface area (Å²) in [6.45, 7) is 0. The van der Waals surface area contributed by atoms with E-state index in [0.29, 0.717) is 23.7 Å². The molecule has 2 unspecified atom stereocenters. The highest BCUT2D eigenvalue weighted by Gasteiger charge is 2.22. The number of fused-ring (bicyclic) bond motifs is 1. The minimum Gasteiger partial charge on any atom is -0.390 e. The van der Waals surface area contributed by atoms with Crippen LogP contribution in [0.2, 0.25) is 0 Å². The molecule has 0 aromatic heterocycles. The van der Waals surface area contributed by atoms with Gasteiger partial charge in [0.15, 0.2) is 0 Å². The summed E-state index contributed by atoms with van der Waals surface area (Å²) >= 11 is 3.22. The van der Waals surface area contributed by atoms with Crippen LogP contribution in [0.25, 0.3) is 0 Å². The van der Waals surface area contributed by atoms with Gasteiger partial charge in [-0.25, -0.2) is 0 Å². The molecule has 1 aliphatic rings. The molecule has 3 N–H and O–H groups in total. The van der Waals surface area contributed by atoms with Crippen molar-refractivity contribution in [1.29, 1.82) is 0 Å². The van der Waals surface area contributed by atoms with E-state index in [1.54, 1.807) is 18.2 Å². The lowest BCUT2D eigenvalue weighted by Crippen LogP contribution is -2.18. The molecule has 0 aliphatic carbocycles. The highest BCUT2D eigenvalue weighted by Crippen LogP contribution is 2.28. The summed E-state index contributed by atoms with van der Waals surface area (Å²) in [7, 11) is 0. The number of carbonyl (C=O) groups is 1. The molecule has 0 spiro atoms. The first kappa shape index (κ1) is 12.5. The lowest BCUT2D eigenvalue weighted by molar-refractivity contribution is -0.115. The standard InChI is InChI=1S/C12H14BrNO3/c13-4-3-10(15)12(17)7-1-2-9-8(5-7)6-11(16)14-9/h1-2,5,10,12,15,17H,3-4,6H2,(H,14,16). The summed E-state index contributed by atoms with van der Waals surface area (Å²) in [5.74, 6) is -0.0346. The van der Waals surface area contributed by atoms with Gasteiger partial charge in [0.05, 0.1) is 12.5 Å². The van der Waals surface area contributed by atoms with Gasteiger partial charge < -0.3 is 15.5 Å². The molecular formula is C12H14BrNO3. The van der Waals surface area contributed by atoms with Gasteiger partial charge in [-0.3, -0.25) is 4.79 Å². The Morgan fingerprint density at radius 3 is 2.88 bits per heavy atom. The average molecular weight is 300 g/mol. The second kappa shape index (κ2) is 5.16. The predicted octanol–water partition coefficient (Wildman–Crippen LogP) is 1.36. The lowest BCUT2D eigenvalue weighted by atomic mass is 9.99. The monoisotopic (exact) mass is 299 g/mol. The molecule has 1 aromatic rings.